The van der Waals surface area contributed by atoms with Crippen LogP contribution in [-0.2, 0) is 4.79 Å². The molecule has 1 aromatic rings. The van der Waals surface area contributed by atoms with Gasteiger partial charge < -0.3 is 10.0 Å². The molecule has 114 valence electrons. The van der Waals surface area contributed by atoms with E-state index >= 15 is 0 Å². The highest BCUT2D eigenvalue weighted by Crippen LogP contribution is 2.36. The molecule has 1 heterocycles. The minimum atomic E-state index is -1.03. The summed E-state index contributed by atoms with van der Waals surface area (Å²) in [5.74, 6) is -1.32. The third-order valence-electron chi connectivity index (χ3n) is 4.55. The number of carboxylic acid groups (broad SMARTS) is 1. The topological polar surface area (TPSA) is 40.5 Å². The van der Waals surface area contributed by atoms with Gasteiger partial charge in [0.2, 0.25) is 0 Å². The summed E-state index contributed by atoms with van der Waals surface area (Å²) >= 11 is 0. The zero-order valence-corrected chi connectivity index (χ0v) is 12.6. The number of hydrogen-bond acceptors (Lipinski definition) is 2. The minimum Gasteiger partial charge on any atom is -0.478 e. The Morgan fingerprint density at radius 1 is 1.43 bits per heavy atom. The minimum absolute atomic E-state index is 0.289. The number of carboxylic acids is 1. The van der Waals surface area contributed by atoms with Crippen molar-refractivity contribution in [1.29, 1.82) is 0 Å². The zero-order valence-electron chi connectivity index (χ0n) is 12.6. The fourth-order valence-corrected chi connectivity index (χ4v) is 2.69. The maximum absolute atomic E-state index is 14.2. The number of carbonyl (C=O) groups is 1. The van der Waals surface area contributed by atoms with Crippen LogP contribution in [0.1, 0.15) is 38.7 Å². The first-order chi connectivity index (χ1) is 9.93. The van der Waals surface area contributed by atoms with Crippen molar-refractivity contribution in [1.82, 2.24) is 0 Å². The molecule has 0 radical (unpaired) electrons. The quantitative estimate of drug-likeness (QED) is 0.854. The van der Waals surface area contributed by atoms with E-state index < -0.39 is 5.97 Å². The summed E-state index contributed by atoms with van der Waals surface area (Å²) < 4.78 is 14.2. The van der Waals surface area contributed by atoms with Crippen LogP contribution >= 0.6 is 0 Å². The van der Waals surface area contributed by atoms with Crippen molar-refractivity contribution < 1.29 is 14.3 Å². The first-order valence-electron chi connectivity index (χ1n) is 7.39. The van der Waals surface area contributed by atoms with Crippen molar-refractivity contribution in [3.63, 3.8) is 0 Å². The van der Waals surface area contributed by atoms with Gasteiger partial charge in [-0.15, -0.1) is 0 Å². The fraction of sp³-hybridized carbons (Fsp3) is 0.471. The zero-order chi connectivity index (χ0) is 15.5. The average molecular weight is 291 g/mol. The molecule has 1 fully saturated rings. The normalized spacial score (nSPS) is 18.1. The van der Waals surface area contributed by atoms with Gasteiger partial charge in [-0.3, -0.25) is 0 Å². The van der Waals surface area contributed by atoms with Gasteiger partial charge in [-0.05, 0) is 42.0 Å². The molecule has 0 aromatic heterocycles. The van der Waals surface area contributed by atoms with Crippen molar-refractivity contribution in [2.45, 2.75) is 33.1 Å². The van der Waals surface area contributed by atoms with E-state index in [1.165, 1.54) is 12.1 Å². The van der Waals surface area contributed by atoms with Crippen molar-refractivity contribution >= 4 is 17.7 Å². The first-order valence-corrected chi connectivity index (χ1v) is 7.39. The second-order valence-electron chi connectivity index (χ2n) is 6.03. The van der Waals surface area contributed by atoms with E-state index in [1.54, 1.807) is 12.1 Å². The summed E-state index contributed by atoms with van der Waals surface area (Å²) in [7, 11) is 0. The summed E-state index contributed by atoms with van der Waals surface area (Å²) in [5, 5.41) is 8.59. The van der Waals surface area contributed by atoms with Crippen LogP contribution in [0, 0.1) is 11.2 Å². The third kappa shape index (κ3) is 3.84. The molecular weight excluding hydrogens is 269 g/mol. The maximum Gasteiger partial charge on any atom is 0.328 e. The van der Waals surface area contributed by atoms with Gasteiger partial charge in [-0.2, -0.15) is 0 Å². The van der Waals surface area contributed by atoms with Gasteiger partial charge in [0.1, 0.15) is 5.82 Å². The molecule has 0 amide bonds. The lowest BCUT2D eigenvalue weighted by atomic mass is 9.78. The number of nitrogens with zero attached hydrogens (tertiary/aromatic N) is 1. The third-order valence-corrected chi connectivity index (χ3v) is 4.55. The summed E-state index contributed by atoms with van der Waals surface area (Å²) in [6.45, 7) is 6.23. The molecule has 1 aliphatic heterocycles. The van der Waals surface area contributed by atoms with Gasteiger partial charge in [-0.1, -0.05) is 26.3 Å². The summed E-state index contributed by atoms with van der Waals surface area (Å²) in [5.41, 5.74) is 1.55. The second-order valence-corrected chi connectivity index (χ2v) is 6.03. The largest absolute Gasteiger partial charge is 0.478 e. The van der Waals surface area contributed by atoms with Crippen molar-refractivity contribution in [2.75, 3.05) is 18.0 Å². The Morgan fingerprint density at radius 3 is 2.62 bits per heavy atom. The summed E-state index contributed by atoms with van der Waals surface area (Å²) in [4.78, 5) is 12.6. The van der Waals surface area contributed by atoms with E-state index in [4.69, 9.17) is 5.11 Å². The van der Waals surface area contributed by atoms with E-state index in [2.05, 4.69) is 18.7 Å². The number of piperidine rings is 1. The van der Waals surface area contributed by atoms with Crippen LogP contribution in [0.5, 0.6) is 0 Å². The Morgan fingerprint density at radius 2 is 2.10 bits per heavy atom. The Balaban J connectivity index is 2.10. The van der Waals surface area contributed by atoms with Crippen LogP contribution < -0.4 is 4.90 Å². The van der Waals surface area contributed by atoms with E-state index in [1.807, 2.05) is 0 Å². The molecular formula is C17H22FNO2. The molecule has 0 spiro atoms. The van der Waals surface area contributed by atoms with Crippen molar-refractivity contribution in [2.24, 2.45) is 5.41 Å². The van der Waals surface area contributed by atoms with E-state index in [0.717, 1.165) is 38.4 Å². The number of rotatable bonds is 4. The van der Waals surface area contributed by atoms with Gasteiger partial charge >= 0.3 is 5.97 Å². The molecule has 3 nitrogen and oxygen atoms in total. The molecule has 0 aliphatic carbocycles. The molecule has 1 aliphatic rings. The Bertz CT molecular complexity index is 546. The predicted octanol–water partition coefficient (Wildman–Crippen LogP) is 3.94. The van der Waals surface area contributed by atoms with Crippen LogP contribution in [0.15, 0.2) is 24.3 Å². The number of halogens is 1. The number of anilines is 1. The number of aliphatic carboxylic acids is 1. The fourth-order valence-electron chi connectivity index (χ4n) is 2.69. The van der Waals surface area contributed by atoms with Crippen LogP contribution in [0.25, 0.3) is 6.08 Å². The van der Waals surface area contributed by atoms with Crippen LogP contribution in [0.3, 0.4) is 0 Å². The molecule has 0 unspecified atom stereocenters. The molecule has 1 saturated heterocycles. The van der Waals surface area contributed by atoms with Crippen molar-refractivity contribution in [3.05, 3.63) is 35.7 Å². The van der Waals surface area contributed by atoms with Gasteiger partial charge in [0.05, 0.1) is 5.69 Å². The lowest BCUT2D eigenvalue weighted by Crippen LogP contribution is -2.38. The lowest BCUT2D eigenvalue weighted by Gasteiger charge is -2.40. The van der Waals surface area contributed by atoms with E-state index in [-0.39, 0.29) is 5.82 Å². The molecule has 0 bridgehead atoms. The Hall–Kier alpha value is -1.84. The van der Waals surface area contributed by atoms with E-state index in [9.17, 15) is 9.18 Å². The maximum atomic E-state index is 14.2. The molecule has 1 N–H and O–H groups in total. The monoisotopic (exact) mass is 291 g/mol. The van der Waals surface area contributed by atoms with Crippen molar-refractivity contribution in [3.8, 4) is 0 Å². The molecule has 4 heteroatoms. The highest BCUT2D eigenvalue weighted by molar-refractivity contribution is 5.85. The highest BCUT2D eigenvalue weighted by Gasteiger charge is 2.29. The Kier molecular flexibility index (Phi) is 4.66. The van der Waals surface area contributed by atoms with Gasteiger partial charge in [0.15, 0.2) is 0 Å². The van der Waals surface area contributed by atoms with Gasteiger partial charge in [0, 0.05) is 19.2 Å². The SMILES string of the molecule is CCC1(C)CCN(c2ccc(C=CC(=O)O)cc2F)CC1. The van der Waals surface area contributed by atoms with Gasteiger partial charge in [-0.25, -0.2) is 9.18 Å². The smallest absolute Gasteiger partial charge is 0.328 e. The molecule has 0 atom stereocenters. The summed E-state index contributed by atoms with van der Waals surface area (Å²) in [6, 6.07) is 4.89. The Labute approximate surface area is 125 Å². The molecule has 0 saturated carbocycles. The summed E-state index contributed by atoms with van der Waals surface area (Å²) in [6.07, 6.45) is 5.72. The van der Waals surface area contributed by atoms with Crippen LogP contribution in [0.2, 0.25) is 0 Å². The lowest BCUT2D eigenvalue weighted by molar-refractivity contribution is -0.131. The van der Waals surface area contributed by atoms with E-state index in [0.29, 0.717) is 16.7 Å². The molecule has 21 heavy (non-hydrogen) atoms. The molecule has 1 aromatic carbocycles. The molecule has 2 rings (SSSR count). The average Bonchev–Trinajstić information content (AvgIpc) is 2.46. The van der Waals surface area contributed by atoms with Crippen LogP contribution in [0.4, 0.5) is 10.1 Å². The van der Waals surface area contributed by atoms with Crippen LogP contribution in [-0.4, -0.2) is 24.2 Å². The second kappa shape index (κ2) is 6.29. The van der Waals surface area contributed by atoms with Gasteiger partial charge in [0.25, 0.3) is 0 Å². The predicted molar refractivity (Wildman–Crippen MR) is 82.9 cm³/mol. The highest BCUT2D eigenvalue weighted by atomic mass is 19.1. The first kappa shape index (κ1) is 15.5. The standard InChI is InChI=1S/C17H22FNO2/c1-3-17(2)8-10-19(11-9-17)15-6-4-13(12-14(15)18)5-7-16(20)21/h4-7,12H,3,8-11H2,1-2H3,(H,20,21). The number of benzene rings is 1. The number of hydrogen-bond donors (Lipinski definition) is 1.